The maximum atomic E-state index is 5.77. The second-order valence-electron chi connectivity index (χ2n) is 5.21. The summed E-state index contributed by atoms with van der Waals surface area (Å²) in [4.78, 5) is 2.57. The zero-order chi connectivity index (χ0) is 11.5. The lowest BCUT2D eigenvalue weighted by Crippen LogP contribution is -2.23. The van der Waals surface area contributed by atoms with Gasteiger partial charge >= 0.3 is 0 Å². The minimum absolute atomic E-state index is 0.848. The molecule has 1 aliphatic rings. The Kier molecular flexibility index (Phi) is 3.49. The van der Waals surface area contributed by atoms with E-state index in [0.29, 0.717) is 0 Å². The van der Waals surface area contributed by atoms with E-state index in [9.17, 15) is 0 Å². The van der Waals surface area contributed by atoms with Crippen molar-refractivity contribution in [3.05, 3.63) is 29.8 Å². The van der Waals surface area contributed by atoms with E-state index in [1.807, 2.05) is 12.1 Å². The van der Waals surface area contributed by atoms with Crippen molar-refractivity contribution in [2.75, 3.05) is 25.4 Å². The van der Waals surface area contributed by atoms with Crippen LogP contribution in [0, 0.1) is 11.8 Å². The quantitative estimate of drug-likeness (QED) is 0.789. The number of nitrogen functional groups attached to an aromatic ring is 1. The van der Waals surface area contributed by atoms with Gasteiger partial charge in [0.05, 0.1) is 0 Å². The van der Waals surface area contributed by atoms with E-state index < -0.39 is 0 Å². The molecule has 1 heterocycles. The maximum absolute atomic E-state index is 5.77. The van der Waals surface area contributed by atoms with E-state index >= 15 is 0 Å². The summed E-state index contributed by atoms with van der Waals surface area (Å²) in [5.41, 5.74) is 8.00. The summed E-state index contributed by atoms with van der Waals surface area (Å²) in [6.45, 7) is 8.38. The average Bonchev–Trinajstić information content (AvgIpc) is 2.56. The molecule has 1 saturated heterocycles. The van der Waals surface area contributed by atoms with E-state index in [0.717, 1.165) is 30.5 Å². The second kappa shape index (κ2) is 4.88. The van der Waals surface area contributed by atoms with Crippen LogP contribution < -0.4 is 5.73 Å². The molecule has 2 unspecified atom stereocenters. The van der Waals surface area contributed by atoms with Gasteiger partial charge in [0.15, 0.2) is 0 Å². The zero-order valence-corrected chi connectivity index (χ0v) is 10.3. The number of hydrogen-bond donors (Lipinski definition) is 1. The number of likely N-dealkylation sites (tertiary alicyclic amines) is 1. The van der Waals surface area contributed by atoms with Crippen LogP contribution in [0.5, 0.6) is 0 Å². The van der Waals surface area contributed by atoms with Gasteiger partial charge in [-0.15, -0.1) is 0 Å². The lowest BCUT2D eigenvalue weighted by molar-refractivity contribution is 0.328. The number of rotatable bonds is 3. The van der Waals surface area contributed by atoms with Crippen molar-refractivity contribution in [2.45, 2.75) is 20.3 Å². The molecule has 0 saturated carbocycles. The molecule has 1 aromatic carbocycles. The fourth-order valence-corrected chi connectivity index (χ4v) is 2.47. The average molecular weight is 218 g/mol. The van der Waals surface area contributed by atoms with Gasteiger partial charge in [0.2, 0.25) is 0 Å². The first-order chi connectivity index (χ1) is 7.65. The predicted molar refractivity (Wildman–Crippen MR) is 69.3 cm³/mol. The Bertz CT molecular complexity index is 338. The van der Waals surface area contributed by atoms with Crippen LogP contribution in [0.25, 0.3) is 0 Å². The van der Waals surface area contributed by atoms with Gasteiger partial charge < -0.3 is 10.6 Å². The highest BCUT2D eigenvalue weighted by molar-refractivity contribution is 5.40. The van der Waals surface area contributed by atoms with E-state index in [-0.39, 0.29) is 0 Å². The lowest BCUT2D eigenvalue weighted by Gasteiger charge is -2.15. The Hall–Kier alpha value is -1.02. The minimum Gasteiger partial charge on any atom is -0.399 e. The normalized spacial score (nSPS) is 26.1. The highest BCUT2D eigenvalue weighted by Gasteiger charge is 2.25. The predicted octanol–water partition coefficient (Wildman–Crippen LogP) is 2.40. The third-order valence-corrected chi connectivity index (χ3v) is 3.73. The van der Waals surface area contributed by atoms with Gasteiger partial charge in [0.1, 0.15) is 0 Å². The molecule has 0 aromatic heterocycles. The van der Waals surface area contributed by atoms with Gasteiger partial charge in [-0.05, 0) is 36.0 Å². The Morgan fingerprint density at radius 3 is 2.56 bits per heavy atom. The fourth-order valence-electron chi connectivity index (χ4n) is 2.47. The molecule has 2 atom stereocenters. The molecule has 1 aromatic rings. The summed E-state index contributed by atoms with van der Waals surface area (Å²) >= 11 is 0. The van der Waals surface area contributed by atoms with E-state index in [4.69, 9.17) is 5.73 Å². The van der Waals surface area contributed by atoms with Crippen molar-refractivity contribution >= 4 is 5.69 Å². The highest BCUT2D eigenvalue weighted by Crippen LogP contribution is 2.22. The molecule has 2 N–H and O–H groups in total. The standard InChI is InChI=1S/C14H22N2/c1-11-9-16(10-12(11)2)7-6-13-4-3-5-14(15)8-13/h3-5,8,11-12H,6-7,9-10,15H2,1-2H3. The van der Waals surface area contributed by atoms with Gasteiger partial charge in [-0.3, -0.25) is 0 Å². The lowest BCUT2D eigenvalue weighted by atomic mass is 10.0. The van der Waals surface area contributed by atoms with Gasteiger partial charge in [-0.1, -0.05) is 26.0 Å². The maximum Gasteiger partial charge on any atom is 0.0316 e. The van der Waals surface area contributed by atoms with Crippen molar-refractivity contribution in [1.29, 1.82) is 0 Å². The van der Waals surface area contributed by atoms with Crippen LogP contribution in [0.2, 0.25) is 0 Å². The molecule has 0 spiro atoms. The summed E-state index contributed by atoms with van der Waals surface area (Å²) in [6.07, 6.45) is 1.12. The Balaban J connectivity index is 1.84. The van der Waals surface area contributed by atoms with E-state index in [1.165, 1.54) is 18.7 Å². The highest BCUT2D eigenvalue weighted by atomic mass is 15.1. The molecule has 2 nitrogen and oxygen atoms in total. The van der Waals surface area contributed by atoms with Crippen LogP contribution in [0.1, 0.15) is 19.4 Å². The van der Waals surface area contributed by atoms with Crippen LogP contribution in [-0.2, 0) is 6.42 Å². The van der Waals surface area contributed by atoms with Gasteiger partial charge in [-0.25, -0.2) is 0 Å². The molecule has 0 amide bonds. The third-order valence-electron chi connectivity index (χ3n) is 3.73. The Labute approximate surface area is 98.4 Å². The van der Waals surface area contributed by atoms with Crippen molar-refractivity contribution in [2.24, 2.45) is 11.8 Å². The van der Waals surface area contributed by atoms with Crippen LogP contribution in [0.3, 0.4) is 0 Å². The van der Waals surface area contributed by atoms with Gasteiger partial charge in [0, 0.05) is 25.3 Å². The Morgan fingerprint density at radius 2 is 1.94 bits per heavy atom. The Morgan fingerprint density at radius 1 is 1.25 bits per heavy atom. The molecule has 2 rings (SSSR count). The third kappa shape index (κ3) is 2.76. The topological polar surface area (TPSA) is 29.3 Å². The minimum atomic E-state index is 0.848. The summed E-state index contributed by atoms with van der Waals surface area (Å²) in [7, 11) is 0. The molecular formula is C14H22N2. The van der Waals surface area contributed by atoms with Crippen molar-refractivity contribution in [3.8, 4) is 0 Å². The number of anilines is 1. The molecular weight excluding hydrogens is 196 g/mol. The first-order valence-electron chi connectivity index (χ1n) is 6.22. The van der Waals surface area contributed by atoms with Crippen molar-refractivity contribution < 1.29 is 0 Å². The smallest absolute Gasteiger partial charge is 0.0316 e. The van der Waals surface area contributed by atoms with Crippen LogP contribution in [-0.4, -0.2) is 24.5 Å². The monoisotopic (exact) mass is 218 g/mol. The molecule has 88 valence electrons. The zero-order valence-electron chi connectivity index (χ0n) is 10.3. The SMILES string of the molecule is CC1CN(CCc2cccc(N)c2)CC1C. The van der Waals surface area contributed by atoms with E-state index in [1.54, 1.807) is 0 Å². The second-order valence-corrected chi connectivity index (χ2v) is 5.21. The number of hydrogen-bond acceptors (Lipinski definition) is 2. The summed E-state index contributed by atoms with van der Waals surface area (Å²) < 4.78 is 0. The summed E-state index contributed by atoms with van der Waals surface area (Å²) in [5, 5.41) is 0. The van der Waals surface area contributed by atoms with Crippen LogP contribution >= 0.6 is 0 Å². The molecule has 1 fully saturated rings. The van der Waals surface area contributed by atoms with Crippen LogP contribution in [0.4, 0.5) is 5.69 Å². The van der Waals surface area contributed by atoms with Crippen LogP contribution in [0.15, 0.2) is 24.3 Å². The summed E-state index contributed by atoms with van der Waals surface area (Å²) in [6, 6.07) is 8.24. The van der Waals surface area contributed by atoms with E-state index in [2.05, 4.69) is 30.9 Å². The molecule has 0 bridgehead atoms. The molecule has 0 aliphatic carbocycles. The van der Waals surface area contributed by atoms with Gasteiger partial charge in [0.25, 0.3) is 0 Å². The molecule has 1 aliphatic heterocycles. The molecule has 0 radical (unpaired) electrons. The molecule has 16 heavy (non-hydrogen) atoms. The van der Waals surface area contributed by atoms with Gasteiger partial charge in [-0.2, -0.15) is 0 Å². The number of nitrogens with zero attached hydrogens (tertiary/aromatic N) is 1. The number of nitrogens with two attached hydrogens (primary N) is 1. The first-order valence-corrected chi connectivity index (χ1v) is 6.22. The van der Waals surface area contributed by atoms with Crippen molar-refractivity contribution in [1.82, 2.24) is 4.90 Å². The largest absolute Gasteiger partial charge is 0.399 e. The number of benzene rings is 1. The first kappa shape index (κ1) is 11.5. The summed E-state index contributed by atoms with van der Waals surface area (Å²) in [5.74, 6) is 1.70. The fraction of sp³-hybridized carbons (Fsp3) is 0.571. The molecule has 2 heteroatoms. The van der Waals surface area contributed by atoms with Crippen molar-refractivity contribution in [3.63, 3.8) is 0 Å².